The summed E-state index contributed by atoms with van der Waals surface area (Å²) in [4.78, 5) is 41.5. The fourth-order valence-corrected chi connectivity index (χ4v) is 8.74. The summed E-state index contributed by atoms with van der Waals surface area (Å²) in [6.07, 6.45) is 10.5. The summed E-state index contributed by atoms with van der Waals surface area (Å²) in [5.74, 6) is -0.135. The van der Waals surface area contributed by atoms with Crippen LogP contribution in [-0.4, -0.2) is 61.1 Å². The highest BCUT2D eigenvalue weighted by Gasteiger charge is 2.44. The van der Waals surface area contributed by atoms with Gasteiger partial charge in [0.2, 0.25) is 5.91 Å². The highest BCUT2D eigenvalue weighted by Crippen LogP contribution is 2.47. The molecule has 1 saturated heterocycles. The normalized spacial score (nSPS) is 19.1. The van der Waals surface area contributed by atoms with Crippen molar-refractivity contribution in [2.75, 3.05) is 13.1 Å². The van der Waals surface area contributed by atoms with Gasteiger partial charge in [-0.2, -0.15) is 0 Å². The smallest absolute Gasteiger partial charge is 0.410 e. The summed E-state index contributed by atoms with van der Waals surface area (Å²) in [5.41, 5.74) is 4.89. The van der Waals surface area contributed by atoms with E-state index in [0.29, 0.717) is 37.5 Å². The number of rotatable bonds is 8. The van der Waals surface area contributed by atoms with Crippen molar-refractivity contribution in [2.45, 2.75) is 83.5 Å². The average Bonchev–Trinajstić information content (AvgIpc) is 3.52. The van der Waals surface area contributed by atoms with Gasteiger partial charge in [0, 0.05) is 64.7 Å². The number of aryl methyl sites for hydroxylation is 3. The van der Waals surface area contributed by atoms with E-state index in [4.69, 9.17) is 21.3 Å². The number of pyridine rings is 1. The monoisotopic (exact) mass is 809 g/mol. The standard InChI is InChI=1S/C38H42Br2ClN5O3/c1-38(2,3)49-37(48)46-16-12-27(34-33-26(19-30(41)21-31(33)40)10-11-28-18-29(39)22-43-35(28)34)20-32(46)36(47)45(23-25-8-5-4-6-9-25)15-7-14-44-17-13-42-24-44/h4-6,8-9,13,17-19,21-22,24,27,32,34H,7,10-12,14-16,20,23H2,1-3H3/t27?,32?,34-/m1/s1. The number of carbonyl (C=O) groups excluding carboxylic acids is 2. The fourth-order valence-electron chi connectivity index (χ4n) is 7.24. The Bertz CT molecular complexity index is 1780. The van der Waals surface area contributed by atoms with E-state index >= 15 is 0 Å². The summed E-state index contributed by atoms with van der Waals surface area (Å²) < 4.78 is 9.81. The Kier molecular flexibility index (Phi) is 11.2. The Morgan fingerprint density at radius 2 is 1.86 bits per heavy atom. The number of hydrogen-bond acceptors (Lipinski definition) is 5. The predicted octanol–water partition coefficient (Wildman–Crippen LogP) is 8.82. The maximum Gasteiger partial charge on any atom is 0.410 e. The number of fused-ring (bicyclic) bond motifs is 2. The Labute approximate surface area is 310 Å². The third-order valence-corrected chi connectivity index (χ3v) is 10.7. The van der Waals surface area contributed by atoms with E-state index in [1.807, 2.05) is 79.0 Å². The number of ether oxygens (including phenoxy) is 1. The van der Waals surface area contributed by atoms with Gasteiger partial charge in [0.25, 0.3) is 0 Å². The predicted molar refractivity (Wildman–Crippen MR) is 198 cm³/mol. The van der Waals surface area contributed by atoms with Crippen molar-refractivity contribution in [1.82, 2.24) is 24.3 Å². The minimum atomic E-state index is -0.706. The van der Waals surface area contributed by atoms with Crippen LogP contribution < -0.4 is 0 Å². The second-order valence-corrected chi connectivity index (χ2v) is 16.2. The van der Waals surface area contributed by atoms with Crippen LogP contribution >= 0.6 is 43.5 Å². The van der Waals surface area contributed by atoms with E-state index in [1.54, 1.807) is 17.4 Å². The number of likely N-dealkylation sites (tertiary alicyclic amines) is 1. The number of piperidine rings is 1. The van der Waals surface area contributed by atoms with Crippen LogP contribution in [-0.2, 0) is 35.5 Å². The number of imidazole rings is 1. The maximum atomic E-state index is 14.9. The lowest BCUT2D eigenvalue weighted by Gasteiger charge is -2.43. The third-order valence-electron chi connectivity index (χ3n) is 9.38. The molecule has 0 spiro atoms. The zero-order chi connectivity index (χ0) is 34.7. The second-order valence-electron chi connectivity index (χ2n) is 14.0. The van der Waals surface area contributed by atoms with Gasteiger partial charge >= 0.3 is 6.09 Å². The quantitative estimate of drug-likeness (QED) is 0.178. The van der Waals surface area contributed by atoms with E-state index in [9.17, 15) is 9.59 Å². The van der Waals surface area contributed by atoms with Gasteiger partial charge in [-0.15, -0.1) is 0 Å². The molecule has 4 aromatic rings. The van der Waals surface area contributed by atoms with Crippen LogP contribution in [0.15, 0.2) is 82.4 Å². The highest BCUT2D eigenvalue weighted by molar-refractivity contribution is 9.10. The highest BCUT2D eigenvalue weighted by atomic mass is 79.9. The minimum Gasteiger partial charge on any atom is -0.444 e. The molecule has 49 heavy (non-hydrogen) atoms. The summed E-state index contributed by atoms with van der Waals surface area (Å²) in [7, 11) is 0. The summed E-state index contributed by atoms with van der Waals surface area (Å²) in [6, 6.07) is 15.5. The largest absolute Gasteiger partial charge is 0.444 e. The molecular weight excluding hydrogens is 770 g/mol. The summed E-state index contributed by atoms with van der Waals surface area (Å²) in [6.45, 7) is 7.68. The molecule has 6 rings (SSSR count). The first-order chi connectivity index (χ1) is 23.5. The van der Waals surface area contributed by atoms with Gasteiger partial charge in [-0.05, 0) is 115 Å². The van der Waals surface area contributed by atoms with Gasteiger partial charge in [-0.3, -0.25) is 14.7 Å². The molecule has 1 aliphatic heterocycles. The number of aromatic nitrogens is 3. The fraction of sp³-hybridized carbons (Fsp3) is 0.421. The zero-order valence-electron chi connectivity index (χ0n) is 28.1. The van der Waals surface area contributed by atoms with Gasteiger partial charge in [0.15, 0.2) is 0 Å². The van der Waals surface area contributed by atoms with Crippen molar-refractivity contribution in [1.29, 1.82) is 0 Å². The molecule has 0 N–H and O–H groups in total. The molecule has 0 radical (unpaired) electrons. The van der Waals surface area contributed by atoms with Crippen molar-refractivity contribution >= 4 is 55.5 Å². The first-order valence-electron chi connectivity index (χ1n) is 16.9. The van der Waals surface area contributed by atoms with Crippen molar-refractivity contribution < 1.29 is 14.3 Å². The molecule has 8 nitrogen and oxygen atoms in total. The van der Waals surface area contributed by atoms with Crippen LogP contribution in [0.5, 0.6) is 0 Å². The molecule has 2 unspecified atom stereocenters. The molecule has 0 bridgehead atoms. The van der Waals surface area contributed by atoms with Crippen molar-refractivity contribution in [2.24, 2.45) is 5.92 Å². The summed E-state index contributed by atoms with van der Waals surface area (Å²) >= 11 is 14.1. The molecule has 3 atom stereocenters. The second kappa shape index (κ2) is 15.4. The number of nitrogens with zero attached hydrogens (tertiary/aromatic N) is 5. The molecule has 0 saturated carbocycles. The summed E-state index contributed by atoms with van der Waals surface area (Å²) in [5, 5.41) is 0.685. The van der Waals surface area contributed by atoms with Crippen molar-refractivity contribution in [3.05, 3.63) is 115 Å². The van der Waals surface area contributed by atoms with Gasteiger partial charge in [-0.1, -0.05) is 57.9 Å². The Hall–Kier alpha value is -3.21. The topological polar surface area (TPSA) is 80.6 Å². The number of halogens is 3. The van der Waals surface area contributed by atoms with Gasteiger partial charge in [0.1, 0.15) is 11.6 Å². The van der Waals surface area contributed by atoms with E-state index in [-0.39, 0.29) is 17.7 Å². The minimum absolute atomic E-state index is 0.0268. The molecule has 258 valence electrons. The van der Waals surface area contributed by atoms with Crippen LogP contribution in [0.25, 0.3) is 0 Å². The van der Waals surface area contributed by atoms with Crippen LogP contribution in [0.4, 0.5) is 4.79 Å². The first kappa shape index (κ1) is 35.6. The Balaban J connectivity index is 1.38. The van der Waals surface area contributed by atoms with E-state index in [2.05, 4.69) is 49.0 Å². The lowest BCUT2D eigenvalue weighted by atomic mass is 9.74. The number of benzene rings is 2. The first-order valence-corrected chi connectivity index (χ1v) is 18.8. The van der Waals surface area contributed by atoms with Crippen LogP contribution in [0, 0.1) is 5.92 Å². The van der Waals surface area contributed by atoms with Gasteiger partial charge in [0.05, 0.1) is 12.0 Å². The Morgan fingerprint density at radius 1 is 1.08 bits per heavy atom. The number of carbonyl (C=O) groups is 2. The van der Waals surface area contributed by atoms with Gasteiger partial charge < -0.3 is 14.2 Å². The molecular formula is C38H42Br2ClN5O3. The SMILES string of the molecule is CC(C)(C)OC(=O)N1CCC([C@H]2c3ncc(Br)cc3CCc3cc(Cl)cc(Br)c32)CC1C(=O)N(CCCn1ccnc1)Cc1ccccc1. The molecule has 2 aromatic heterocycles. The van der Waals surface area contributed by atoms with Crippen molar-refractivity contribution in [3.8, 4) is 0 Å². The zero-order valence-corrected chi connectivity index (χ0v) is 32.0. The Morgan fingerprint density at radius 3 is 2.59 bits per heavy atom. The van der Waals surface area contributed by atoms with Crippen LogP contribution in [0.2, 0.25) is 5.02 Å². The molecule has 11 heteroatoms. The third kappa shape index (κ3) is 8.58. The number of hydrogen-bond donors (Lipinski definition) is 0. The van der Waals surface area contributed by atoms with E-state index in [0.717, 1.165) is 46.0 Å². The van der Waals surface area contributed by atoms with Crippen LogP contribution in [0.3, 0.4) is 0 Å². The molecule has 3 heterocycles. The van der Waals surface area contributed by atoms with Gasteiger partial charge in [-0.25, -0.2) is 9.78 Å². The molecule has 1 fully saturated rings. The molecule has 2 aliphatic rings. The lowest BCUT2D eigenvalue weighted by molar-refractivity contribution is -0.139. The average molecular weight is 812 g/mol. The van der Waals surface area contributed by atoms with Crippen LogP contribution in [0.1, 0.15) is 73.9 Å². The van der Waals surface area contributed by atoms with E-state index < -0.39 is 17.7 Å². The van der Waals surface area contributed by atoms with Crippen molar-refractivity contribution in [3.63, 3.8) is 0 Å². The maximum absolute atomic E-state index is 14.9. The lowest BCUT2D eigenvalue weighted by Crippen LogP contribution is -2.56. The molecule has 2 aromatic carbocycles. The molecule has 2 amide bonds. The van der Waals surface area contributed by atoms with E-state index in [1.165, 1.54) is 16.7 Å². The number of amides is 2. The molecule has 1 aliphatic carbocycles.